The fraction of sp³-hybridized carbons (Fsp3) is 0.417. The Labute approximate surface area is 108 Å². The van der Waals surface area contributed by atoms with Crippen LogP contribution in [0.4, 0.5) is 13.2 Å². The monoisotopic (exact) mass is 278 g/mol. The van der Waals surface area contributed by atoms with Crippen molar-refractivity contribution >= 4 is 17.7 Å². The molecule has 0 heterocycles. The molecule has 1 aromatic carbocycles. The molecule has 1 aromatic rings. The highest BCUT2D eigenvalue weighted by Crippen LogP contribution is 2.37. The molecule has 0 aromatic heterocycles. The van der Waals surface area contributed by atoms with Crippen LogP contribution in [0, 0.1) is 0 Å². The van der Waals surface area contributed by atoms with Crippen molar-refractivity contribution < 1.29 is 22.7 Å². The summed E-state index contributed by atoms with van der Waals surface area (Å²) < 4.78 is 42.9. The van der Waals surface area contributed by atoms with Crippen molar-refractivity contribution in [1.82, 2.24) is 0 Å². The molecule has 0 aliphatic rings. The third-order valence-electron chi connectivity index (χ3n) is 2.10. The lowest BCUT2D eigenvalue weighted by Crippen LogP contribution is -2.10. The molecule has 0 saturated heterocycles. The van der Waals surface area contributed by atoms with Crippen LogP contribution < -0.4 is 0 Å². The second kappa shape index (κ2) is 6.13. The fourth-order valence-electron chi connectivity index (χ4n) is 1.37. The summed E-state index contributed by atoms with van der Waals surface area (Å²) in [6.45, 7) is 3.58. The van der Waals surface area contributed by atoms with Gasteiger partial charge < -0.3 is 4.74 Å². The Hall–Kier alpha value is -1.17. The average Bonchev–Trinajstić information content (AvgIpc) is 2.28. The molecule has 6 heteroatoms. The molecule has 18 heavy (non-hydrogen) atoms. The third-order valence-corrected chi connectivity index (χ3v) is 3.04. The molecule has 0 spiro atoms. The maximum atomic E-state index is 12.7. The molecular weight excluding hydrogens is 265 g/mol. The van der Waals surface area contributed by atoms with E-state index in [0.717, 1.165) is 23.9 Å². The summed E-state index contributed by atoms with van der Waals surface area (Å²) in [5.74, 6) is -0.112. The first kappa shape index (κ1) is 14.9. The van der Waals surface area contributed by atoms with Crippen LogP contribution in [-0.2, 0) is 10.9 Å². The third kappa shape index (κ3) is 3.66. The molecule has 0 aliphatic heterocycles. The predicted octanol–water partition coefficient (Wildman–Crippen LogP) is 3.99. The van der Waals surface area contributed by atoms with Crippen molar-refractivity contribution in [2.45, 2.75) is 24.9 Å². The summed E-state index contributed by atoms with van der Waals surface area (Å²) in [4.78, 5) is 11.5. The standard InChI is InChI=1S/C12H13F3O2S/c1-3-17-11(16)8-5-6-9(12(13,14)15)10(7-8)18-4-2/h5-7H,3-4H2,1-2H3. The van der Waals surface area contributed by atoms with Gasteiger partial charge in [0.15, 0.2) is 0 Å². The van der Waals surface area contributed by atoms with Gasteiger partial charge in [-0.3, -0.25) is 0 Å². The van der Waals surface area contributed by atoms with Crippen molar-refractivity contribution in [2.75, 3.05) is 12.4 Å². The normalized spacial score (nSPS) is 11.4. The Balaban J connectivity index is 3.15. The van der Waals surface area contributed by atoms with Crippen LogP contribution in [0.15, 0.2) is 23.1 Å². The smallest absolute Gasteiger partial charge is 0.417 e. The first-order valence-electron chi connectivity index (χ1n) is 5.41. The van der Waals surface area contributed by atoms with Crippen LogP contribution in [0.1, 0.15) is 29.8 Å². The number of esters is 1. The number of halogens is 3. The van der Waals surface area contributed by atoms with Gasteiger partial charge in [0.25, 0.3) is 0 Å². The number of ether oxygens (including phenoxy) is 1. The number of hydrogen-bond donors (Lipinski definition) is 0. The number of thioether (sulfide) groups is 1. The van der Waals surface area contributed by atoms with Crippen LogP contribution in [0.25, 0.3) is 0 Å². The number of carbonyl (C=O) groups excluding carboxylic acids is 1. The highest BCUT2D eigenvalue weighted by atomic mass is 32.2. The minimum absolute atomic E-state index is 0.0514. The van der Waals surface area contributed by atoms with Crippen molar-refractivity contribution in [3.63, 3.8) is 0 Å². The van der Waals surface area contributed by atoms with Gasteiger partial charge in [-0.15, -0.1) is 11.8 Å². The van der Waals surface area contributed by atoms with Gasteiger partial charge in [-0.25, -0.2) is 4.79 Å². The summed E-state index contributed by atoms with van der Waals surface area (Å²) >= 11 is 1.05. The van der Waals surface area contributed by atoms with E-state index >= 15 is 0 Å². The summed E-state index contributed by atoms with van der Waals surface area (Å²) in [5, 5.41) is 0. The van der Waals surface area contributed by atoms with Gasteiger partial charge in [-0.05, 0) is 30.9 Å². The minimum atomic E-state index is -4.41. The zero-order valence-electron chi connectivity index (χ0n) is 10.0. The molecule has 0 unspecified atom stereocenters. The van der Waals surface area contributed by atoms with E-state index in [-0.39, 0.29) is 17.1 Å². The zero-order chi connectivity index (χ0) is 13.8. The van der Waals surface area contributed by atoms with Gasteiger partial charge >= 0.3 is 12.1 Å². The number of benzene rings is 1. The molecule has 0 N–H and O–H groups in total. The Kier molecular flexibility index (Phi) is 5.07. The molecule has 0 amide bonds. The molecule has 0 fully saturated rings. The van der Waals surface area contributed by atoms with Crippen molar-refractivity contribution in [1.29, 1.82) is 0 Å². The quantitative estimate of drug-likeness (QED) is 0.615. The molecule has 100 valence electrons. The van der Waals surface area contributed by atoms with Crippen LogP contribution in [-0.4, -0.2) is 18.3 Å². The lowest BCUT2D eigenvalue weighted by molar-refractivity contribution is -0.139. The van der Waals surface area contributed by atoms with Crippen LogP contribution in [0.3, 0.4) is 0 Å². The highest BCUT2D eigenvalue weighted by Gasteiger charge is 2.33. The van der Waals surface area contributed by atoms with E-state index < -0.39 is 17.7 Å². The van der Waals surface area contributed by atoms with Gasteiger partial charge in [0, 0.05) is 4.90 Å². The minimum Gasteiger partial charge on any atom is -0.462 e. The van der Waals surface area contributed by atoms with Gasteiger partial charge in [0.05, 0.1) is 17.7 Å². The average molecular weight is 278 g/mol. The first-order chi connectivity index (χ1) is 8.40. The van der Waals surface area contributed by atoms with Crippen molar-refractivity contribution in [3.8, 4) is 0 Å². The predicted molar refractivity (Wildman–Crippen MR) is 63.8 cm³/mol. The lowest BCUT2D eigenvalue weighted by Gasteiger charge is -2.13. The second-order valence-electron chi connectivity index (χ2n) is 3.36. The van der Waals surface area contributed by atoms with E-state index in [2.05, 4.69) is 0 Å². The van der Waals surface area contributed by atoms with E-state index in [1.54, 1.807) is 13.8 Å². The molecule has 0 radical (unpaired) electrons. The maximum absolute atomic E-state index is 12.7. The lowest BCUT2D eigenvalue weighted by atomic mass is 10.1. The molecule has 0 atom stereocenters. The second-order valence-corrected chi connectivity index (χ2v) is 4.67. The van der Waals surface area contributed by atoms with Gasteiger partial charge in [-0.1, -0.05) is 6.92 Å². The van der Waals surface area contributed by atoms with E-state index in [0.29, 0.717) is 5.75 Å². The Bertz CT molecular complexity index is 430. The molecule has 0 saturated carbocycles. The first-order valence-corrected chi connectivity index (χ1v) is 6.39. The maximum Gasteiger partial charge on any atom is 0.417 e. The van der Waals surface area contributed by atoms with E-state index in [4.69, 9.17) is 4.74 Å². The highest BCUT2D eigenvalue weighted by molar-refractivity contribution is 7.99. The van der Waals surface area contributed by atoms with E-state index in [1.807, 2.05) is 0 Å². The van der Waals surface area contributed by atoms with Crippen molar-refractivity contribution in [3.05, 3.63) is 29.3 Å². The van der Waals surface area contributed by atoms with Gasteiger partial charge in [0.1, 0.15) is 0 Å². The van der Waals surface area contributed by atoms with Crippen LogP contribution >= 0.6 is 11.8 Å². The Morgan fingerprint density at radius 3 is 2.50 bits per heavy atom. The Morgan fingerprint density at radius 2 is 2.00 bits per heavy atom. The van der Waals surface area contributed by atoms with E-state index in [1.165, 1.54) is 6.07 Å². The fourth-order valence-corrected chi connectivity index (χ4v) is 2.23. The number of hydrogen-bond acceptors (Lipinski definition) is 3. The summed E-state index contributed by atoms with van der Waals surface area (Å²) in [6.07, 6.45) is -4.41. The molecule has 2 nitrogen and oxygen atoms in total. The van der Waals surface area contributed by atoms with Gasteiger partial charge in [0.2, 0.25) is 0 Å². The molecule has 0 aliphatic carbocycles. The van der Waals surface area contributed by atoms with Crippen LogP contribution in [0.5, 0.6) is 0 Å². The summed E-state index contributed by atoms with van der Waals surface area (Å²) in [7, 11) is 0. The molecule has 1 rings (SSSR count). The van der Waals surface area contributed by atoms with Gasteiger partial charge in [-0.2, -0.15) is 13.2 Å². The topological polar surface area (TPSA) is 26.3 Å². The van der Waals surface area contributed by atoms with Crippen molar-refractivity contribution in [2.24, 2.45) is 0 Å². The van der Waals surface area contributed by atoms with Crippen LogP contribution in [0.2, 0.25) is 0 Å². The SMILES string of the molecule is CCOC(=O)c1ccc(C(F)(F)F)c(SCC)c1. The Morgan fingerprint density at radius 1 is 1.33 bits per heavy atom. The number of alkyl halides is 3. The summed E-state index contributed by atoms with van der Waals surface area (Å²) in [6, 6.07) is 3.29. The number of rotatable bonds is 4. The number of carbonyl (C=O) groups is 1. The molecular formula is C12H13F3O2S. The largest absolute Gasteiger partial charge is 0.462 e. The summed E-state index contributed by atoms with van der Waals surface area (Å²) in [5.41, 5.74) is -0.580. The van der Waals surface area contributed by atoms with E-state index in [9.17, 15) is 18.0 Å². The molecule has 0 bridgehead atoms. The zero-order valence-corrected chi connectivity index (χ0v) is 10.8.